The van der Waals surface area contributed by atoms with Gasteiger partial charge >= 0.3 is 0 Å². The van der Waals surface area contributed by atoms with Crippen molar-refractivity contribution < 1.29 is 27.6 Å². The summed E-state index contributed by atoms with van der Waals surface area (Å²) in [6.07, 6.45) is 3.52. The number of hydrogen-bond acceptors (Lipinski definition) is 10. The highest BCUT2D eigenvalue weighted by molar-refractivity contribution is 7.92. The number of oxime groups is 1. The summed E-state index contributed by atoms with van der Waals surface area (Å²) in [5.41, 5.74) is 0.471. The van der Waals surface area contributed by atoms with Gasteiger partial charge in [-0.05, 0) is 31.9 Å². The molecule has 13 heteroatoms. The molecule has 0 bridgehead atoms. The first kappa shape index (κ1) is 27.7. The second kappa shape index (κ2) is 11.7. The molecule has 0 spiro atoms. The predicted molar refractivity (Wildman–Crippen MR) is 146 cm³/mol. The Kier molecular flexibility index (Phi) is 8.31. The van der Waals surface area contributed by atoms with E-state index in [1.807, 2.05) is 11.8 Å². The molecule has 11 nitrogen and oxygen atoms in total. The van der Waals surface area contributed by atoms with Gasteiger partial charge in [0.1, 0.15) is 0 Å². The van der Waals surface area contributed by atoms with Crippen LogP contribution in [0.15, 0.2) is 40.5 Å². The van der Waals surface area contributed by atoms with E-state index in [-0.39, 0.29) is 33.9 Å². The van der Waals surface area contributed by atoms with Gasteiger partial charge in [-0.3, -0.25) is 19.8 Å². The van der Waals surface area contributed by atoms with Gasteiger partial charge in [-0.25, -0.2) is 13.4 Å². The standard InChI is InChI=1S/C26H33N5O6S2/c1-17-14-30(10-11-31(17)18(2)32)15-21-13-27-26(38-21)28-25(33)24(29-37-20-9-12-36-16-20)19-3-5-22(6-4-19)39(34,35)23-7-8-23/h3-6,13,17,20,23H,7-12,14-16H2,1-2H3,(H,27,28,33)/b29-24+/t17-,20+/m0/s1. The quantitative estimate of drug-likeness (QED) is 0.356. The molecule has 0 unspecified atom stereocenters. The number of benzene rings is 1. The molecule has 5 rings (SSSR count). The summed E-state index contributed by atoms with van der Waals surface area (Å²) >= 11 is 1.37. The van der Waals surface area contributed by atoms with Gasteiger partial charge in [0.15, 0.2) is 26.8 Å². The summed E-state index contributed by atoms with van der Waals surface area (Å²) in [6, 6.07) is 6.32. The van der Waals surface area contributed by atoms with Crippen LogP contribution < -0.4 is 5.32 Å². The van der Waals surface area contributed by atoms with Crippen molar-refractivity contribution in [2.75, 3.05) is 38.2 Å². The maximum absolute atomic E-state index is 13.3. The van der Waals surface area contributed by atoms with E-state index in [1.165, 1.54) is 23.5 Å². The number of anilines is 1. The Morgan fingerprint density at radius 2 is 1.97 bits per heavy atom. The zero-order chi connectivity index (χ0) is 27.6. The molecule has 210 valence electrons. The number of amides is 2. The third-order valence-corrected chi connectivity index (χ3v) is 10.3. The monoisotopic (exact) mass is 575 g/mol. The fourth-order valence-corrected chi connectivity index (χ4v) is 7.29. The van der Waals surface area contributed by atoms with Crippen LogP contribution in [-0.4, -0.2) is 91.0 Å². The van der Waals surface area contributed by atoms with E-state index in [1.54, 1.807) is 25.3 Å². The fourth-order valence-electron chi connectivity index (χ4n) is 4.78. The third-order valence-electron chi connectivity index (χ3n) is 7.09. The Bertz CT molecular complexity index is 1330. The van der Waals surface area contributed by atoms with Crippen molar-refractivity contribution >= 4 is 43.8 Å². The van der Waals surface area contributed by atoms with E-state index in [0.717, 1.165) is 18.0 Å². The number of sulfone groups is 1. The number of nitrogens with one attached hydrogen (secondary N) is 1. The van der Waals surface area contributed by atoms with Crippen LogP contribution in [-0.2, 0) is 35.5 Å². The number of aromatic nitrogens is 1. The summed E-state index contributed by atoms with van der Waals surface area (Å²) < 4.78 is 30.5. The van der Waals surface area contributed by atoms with Crippen LogP contribution in [0.25, 0.3) is 0 Å². The largest absolute Gasteiger partial charge is 0.389 e. The Morgan fingerprint density at radius 1 is 1.21 bits per heavy atom. The number of piperazine rings is 1. The van der Waals surface area contributed by atoms with Crippen molar-refractivity contribution in [1.82, 2.24) is 14.8 Å². The lowest BCUT2D eigenvalue weighted by Crippen LogP contribution is -2.52. The molecule has 1 saturated carbocycles. The second-order valence-corrected chi connectivity index (χ2v) is 13.5. The van der Waals surface area contributed by atoms with E-state index in [9.17, 15) is 18.0 Å². The lowest BCUT2D eigenvalue weighted by molar-refractivity contribution is -0.133. The molecule has 2 aliphatic heterocycles. The van der Waals surface area contributed by atoms with Crippen molar-refractivity contribution in [3.63, 3.8) is 0 Å². The first-order chi connectivity index (χ1) is 18.7. The second-order valence-electron chi connectivity index (χ2n) is 10.2. The van der Waals surface area contributed by atoms with E-state index < -0.39 is 15.7 Å². The zero-order valence-electron chi connectivity index (χ0n) is 22.0. The minimum Gasteiger partial charge on any atom is -0.389 e. The molecule has 1 aliphatic carbocycles. The Labute approximate surface area is 232 Å². The molecular formula is C26H33N5O6S2. The van der Waals surface area contributed by atoms with Crippen LogP contribution in [0.3, 0.4) is 0 Å². The van der Waals surface area contributed by atoms with Gasteiger partial charge in [0.2, 0.25) is 5.91 Å². The van der Waals surface area contributed by atoms with Gasteiger partial charge in [0, 0.05) is 62.2 Å². The van der Waals surface area contributed by atoms with Crippen LogP contribution >= 0.6 is 11.3 Å². The van der Waals surface area contributed by atoms with Gasteiger partial charge in [0.25, 0.3) is 5.91 Å². The topological polar surface area (TPSA) is 130 Å². The highest BCUT2D eigenvalue weighted by atomic mass is 32.2. The van der Waals surface area contributed by atoms with Crippen molar-refractivity contribution in [3.8, 4) is 0 Å². The first-order valence-corrected chi connectivity index (χ1v) is 15.5. The number of rotatable bonds is 9. The van der Waals surface area contributed by atoms with Gasteiger partial charge in [-0.15, -0.1) is 11.3 Å². The molecule has 39 heavy (non-hydrogen) atoms. The van der Waals surface area contributed by atoms with Crippen LogP contribution in [0, 0.1) is 0 Å². The smallest absolute Gasteiger partial charge is 0.280 e. The van der Waals surface area contributed by atoms with Crippen molar-refractivity contribution in [2.24, 2.45) is 5.16 Å². The van der Waals surface area contributed by atoms with Gasteiger partial charge in [-0.1, -0.05) is 17.3 Å². The van der Waals surface area contributed by atoms with E-state index >= 15 is 0 Å². The van der Waals surface area contributed by atoms with Crippen LogP contribution in [0.4, 0.5) is 5.13 Å². The molecule has 2 aromatic rings. The normalized spacial score (nSPS) is 22.6. The summed E-state index contributed by atoms with van der Waals surface area (Å²) in [4.78, 5) is 40.4. The zero-order valence-corrected chi connectivity index (χ0v) is 23.7. The third kappa shape index (κ3) is 6.65. The van der Waals surface area contributed by atoms with E-state index in [2.05, 4.69) is 20.4 Å². The Hall–Kier alpha value is -2.87. The molecule has 2 amide bonds. The molecule has 0 radical (unpaired) electrons. The number of carbonyl (C=O) groups is 2. The van der Waals surface area contributed by atoms with Crippen LogP contribution in [0.2, 0.25) is 0 Å². The van der Waals surface area contributed by atoms with E-state index in [0.29, 0.717) is 56.3 Å². The van der Waals surface area contributed by atoms with Crippen molar-refractivity contribution in [2.45, 2.75) is 61.9 Å². The minimum absolute atomic E-state index is 0.0307. The molecule has 2 saturated heterocycles. The molecule has 2 atom stereocenters. The molecule has 3 fully saturated rings. The summed E-state index contributed by atoms with van der Waals surface area (Å²) in [6.45, 7) is 7.50. The van der Waals surface area contributed by atoms with Gasteiger partial charge < -0.3 is 14.5 Å². The highest BCUT2D eigenvalue weighted by Gasteiger charge is 2.37. The lowest BCUT2D eigenvalue weighted by Gasteiger charge is -2.39. The van der Waals surface area contributed by atoms with Crippen molar-refractivity contribution in [1.29, 1.82) is 0 Å². The predicted octanol–water partition coefficient (Wildman–Crippen LogP) is 2.28. The summed E-state index contributed by atoms with van der Waals surface area (Å²) in [7, 11) is -3.34. The molecule has 3 aliphatic rings. The number of nitrogens with zero attached hydrogens (tertiary/aromatic N) is 4. The number of hydrogen-bond donors (Lipinski definition) is 1. The number of ether oxygens (including phenoxy) is 1. The molecule has 1 N–H and O–H groups in total. The van der Waals surface area contributed by atoms with Gasteiger partial charge in [0.05, 0.1) is 23.4 Å². The van der Waals surface area contributed by atoms with Crippen molar-refractivity contribution in [3.05, 3.63) is 40.9 Å². The molecule has 1 aromatic carbocycles. The Balaban J connectivity index is 1.27. The summed E-state index contributed by atoms with van der Waals surface area (Å²) in [5, 5.41) is 7.08. The number of carbonyl (C=O) groups excluding carboxylic acids is 2. The molecular weight excluding hydrogens is 542 g/mol. The summed E-state index contributed by atoms with van der Waals surface area (Å²) in [5.74, 6) is -0.415. The minimum atomic E-state index is -3.34. The molecule has 3 heterocycles. The average Bonchev–Trinajstić information content (AvgIpc) is 3.49. The van der Waals surface area contributed by atoms with E-state index in [4.69, 9.17) is 9.57 Å². The van der Waals surface area contributed by atoms with Gasteiger partial charge in [-0.2, -0.15) is 0 Å². The maximum Gasteiger partial charge on any atom is 0.280 e. The van der Waals surface area contributed by atoms with Crippen LogP contribution in [0.1, 0.15) is 43.6 Å². The fraction of sp³-hybridized carbons (Fsp3) is 0.538. The number of thiazole rings is 1. The first-order valence-electron chi connectivity index (χ1n) is 13.1. The SMILES string of the molecule is CC(=O)N1CCN(Cc2cnc(NC(=O)/C(=N/O[C@@H]3CCOC3)c3ccc(S(=O)(=O)C4CC4)cc3)s2)C[C@@H]1C. The molecule has 1 aromatic heterocycles. The average molecular weight is 576 g/mol. The maximum atomic E-state index is 13.3. The Morgan fingerprint density at radius 3 is 2.62 bits per heavy atom. The lowest BCUT2D eigenvalue weighted by atomic mass is 10.1. The highest BCUT2D eigenvalue weighted by Crippen LogP contribution is 2.33. The van der Waals surface area contributed by atoms with Crippen LogP contribution in [0.5, 0.6) is 0 Å².